The van der Waals surface area contributed by atoms with Gasteiger partial charge in [0.1, 0.15) is 17.6 Å². The number of carbonyl (C=O) groups is 1. The summed E-state index contributed by atoms with van der Waals surface area (Å²) in [6, 6.07) is 14.9. The first-order chi connectivity index (χ1) is 10.2. The standard InChI is InChI=1S/C16H10FN3O/c17-13-6-5-12(7-11(13)9-18)19-16(21)15-8-10-3-1-2-4-14(10)20-15/h1-8,20H,(H,19,21). The van der Waals surface area contributed by atoms with Crippen LogP contribution in [0.5, 0.6) is 0 Å². The molecule has 21 heavy (non-hydrogen) atoms. The molecule has 0 spiro atoms. The lowest BCUT2D eigenvalue weighted by Crippen LogP contribution is -2.12. The quantitative estimate of drug-likeness (QED) is 0.754. The molecule has 0 radical (unpaired) electrons. The van der Waals surface area contributed by atoms with Crippen molar-refractivity contribution in [3.63, 3.8) is 0 Å². The summed E-state index contributed by atoms with van der Waals surface area (Å²) in [5.41, 5.74) is 1.53. The molecule has 0 aliphatic carbocycles. The van der Waals surface area contributed by atoms with E-state index in [1.54, 1.807) is 12.1 Å². The van der Waals surface area contributed by atoms with Gasteiger partial charge in [0.25, 0.3) is 5.91 Å². The molecule has 0 bridgehead atoms. The molecule has 0 aliphatic rings. The van der Waals surface area contributed by atoms with Crippen LogP contribution in [0.3, 0.4) is 0 Å². The lowest BCUT2D eigenvalue weighted by Gasteiger charge is -2.04. The minimum atomic E-state index is -0.610. The zero-order valence-electron chi connectivity index (χ0n) is 10.9. The molecule has 5 heteroatoms. The van der Waals surface area contributed by atoms with Gasteiger partial charge in [0.2, 0.25) is 0 Å². The van der Waals surface area contributed by atoms with Crippen LogP contribution in [0.2, 0.25) is 0 Å². The number of hydrogen-bond donors (Lipinski definition) is 2. The maximum Gasteiger partial charge on any atom is 0.272 e. The highest BCUT2D eigenvalue weighted by Crippen LogP contribution is 2.18. The van der Waals surface area contributed by atoms with Crippen molar-refractivity contribution in [3.8, 4) is 6.07 Å². The Kier molecular flexibility index (Phi) is 3.13. The summed E-state index contributed by atoms with van der Waals surface area (Å²) < 4.78 is 13.2. The zero-order chi connectivity index (χ0) is 14.8. The molecular formula is C16H10FN3O. The molecule has 1 heterocycles. The van der Waals surface area contributed by atoms with Gasteiger partial charge in [-0.15, -0.1) is 0 Å². The molecule has 0 atom stereocenters. The summed E-state index contributed by atoms with van der Waals surface area (Å²) in [6.07, 6.45) is 0. The summed E-state index contributed by atoms with van der Waals surface area (Å²) >= 11 is 0. The topological polar surface area (TPSA) is 68.7 Å². The van der Waals surface area contributed by atoms with E-state index in [4.69, 9.17) is 5.26 Å². The van der Waals surface area contributed by atoms with E-state index in [0.717, 1.165) is 17.0 Å². The largest absolute Gasteiger partial charge is 0.351 e. The lowest BCUT2D eigenvalue weighted by molar-refractivity contribution is 0.102. The SMILES string of the molecule is N#Cc1cc(NC(=O)c2cc3ccccc3[nH]2)ccc1F. The van der Waals surface area contributed by atoms with Crippen molar-refractivity contribution in [3.05, 3.63) is 65.6 Å². The molecule has 0 saturated heterocycles. The highest BCUT2D eigenvalue weighted by atomic mass is 19.1. The Morgan fingerprint density at radius 3 is 2.76 bits per heavy atom. The van der Waals surface area contributed by atoms with Crippen LogP contribution in [0.15, 0.2) is 48.5 Å². The van der Waals surface area contributed by atoms with Crippen LogP contribution >= 0.6 is 0 Å². The van der Waals surface area contributed by atoms with Gasteiger partial charge in [-0.05, 0) is 30.3 Å². The minimum Gasteiger partial charge on any atom is -0.351 e. The predicted octanol–water partition coefficient (Wildman–Crippen LogP) is 3.43. The number of aromatic nitrogens is 1. The van der Waals surface area contributed by atoms with Crippen LogP contribution in [0.25, 0.3) is 10.9 Å². The maximum atomic E-state index is 13.2. The highest BCUT2D eigenvalue weighted by molar-refractivity contribution is 6.05. The number of rotatable bonds is 2. The molecule has 0 unspecified atom stereocenters. The fraction of sp³-hybridized carbons (Fsp3) is 0. The number of para-hydroxylation sites is 1. The first-order valence-electron chi connectivity index (χ1n) is 6.26. The van der Waals surface area contributed by atoms with Crippen LogP contribution in [-0.4, -0.2) is 10.9 Å². The number of nitriles is 1. The van der Waals surface area contributed by atoms with Crippen molar-refractivity contribution in [2.24, 2.45) is 0 Å². The molecule has 2 N–H and O–H groups in total. The van der Waals surface area contributed by atoms with Crippen LogP contribution in [0.4, 0.5) is 10.1 Å². The summed E-state index contributed by atoms with van der Waals surface area (Å²) in [5, 5.41) is 12.3. The number of fused-ring (bicyclic) bond motifs is 1. The molecule has 4 nitrogen and oxygen atoms in total. The molecule has 1 amide bonds. The zero-order valence-corrected chi connectivity index (χ0v) is 10.9. The van der Waals surface area contributed by atoms with Gasteiger partial charge < -0.3 is 10.3 Å². The fourth-order valence-corrected chi connectivity index (χ4v) is 2.08. The molecule has 2 aromatic carbocycles. The third-order valence-corrected chi connectivity index (χ3v) is 3.12. The molecule has 1 aromatic heterocycles. The van der Waals surface area contributed by atoms with Gasteiger partial charge in [0, 0.05) is 16.6 Å². The second-order valence-corrected chi connectivity index (χ2v) is 4.53. The Morgan fingerprint density at radius 2 is 2.00 bits per heavy atom. The fourth-order valence-electron chi connectivity index (χ4n) is 2.08. The van der Waals surface area contributed by atoms with Gasteiger partial charge in [0.05, 0.1) is 5.56 Å². The Hall–Kier alpha value is -3.13. The second kappa shape index (κ2) is 5.10. The number of benzene rings is 2. The molecule has 0 aliphatic heterocycles. The van der Waals surface area contributed by atoms with Crippen molar-refractivity contribution in [2.75, 3.05) is 5.32 Å². The number of nitrogens with one attached hydrogen (secondary N) is 2. The van der Waals surface area contributed by atoms with Crippen molar-refractivity contribution >= 4 is 22.5 Å². The van der Waals surface area contributed by atoms with Gasteiger partial charge in [0.15, 0.2) is 0 Å². The minimum absolute atomic E-state index is 0.107. The van der Waals surface area contributed by atoms with E-state index in [-0.39, 0.29) is 11.5 Å². The van der Waals surface area contributed by atoms with E-state index >= 15 is 0 Å². The average Bonchev–Trinajstić information content (AvgIpc) is 2.93. The van der Waals surface area contributed by atoms with Crippen LogP contribution < -0.4 is 5.32 Å². The third-order valence-electron chi connectivity index (χ3n) is 3.12. The van der Waals surface area contributed by atoms with Gasteiger partial charge >= 0.3 is 0 Å². The predicted molar refractivity (Wildman–Crippen MR) is 77.4 cm³/mol. The Labute approximate surface area is 119 Å². The molecule has 3 aromatic rings. The Bertz CT molecular complexity index is 844. The molecular weight excluding hydrogens is 269 g/mol. The van der Waals surface area contributed by atoms with Crippen LogP contribution in [0, 0.1) is 17.1 Å². The number of amides is 1. The monoisotopic (exact) mass is 279 g/mol. The molecule has 102 valence electrons. The first-order valence-corrected chi connectivity index (χ1v) is 6.26. The van der Waals surface area contributed by atoms with Crippen molar-refractivity contribution in [2.45, 2.75) is 0 Å². The lowest BCUT2D eigenvalue weighted by atomic mass is 10.2. The van der Waals surface area contributed by atoms with E-state index < -0.39 is 5.82 Å². The van der Waals surface area contributed by atoms with E-state index in [0.29, 0.717) is 11.4 Å². The number of hydrogen-bond acceptors (Lipinski definition) is 2. The number of nitrogens with zero attached hydrogens (tertiary/aromatic N) is 1. The molecule has 3 rings (SSSR count). The van der Waals surface area contributed by atoms with E-state index in [9.17, 15) is 9.18 Å². The number of H-pyrrole nitrogens is 1. The molecule has 0 fully saturated rings. The van der Waals surface area contributed by atoms with Crippen molar-refractivity contribution in [1.29, 1.82) is 5.26 Å². The Morgan fingerprint density at radius 1 is 1.19 bits per heavy atom. The number of aromatic amines is 1. The van der Waals surface area contributed by atoms with Gasteiger partial charge in [-0.25, -0.2) is 4.39 Å². The smallest absolute Gasteiger partial charge is 0.272 e. The van der Waals surface area contributed by atoms with Crippen molar-refractivity contribution < 1.29 is 9.18 Å². The summed E-state index contributed by atoms with van der Waals surface area (Å²) in [4.78, 5) is 15.2. The maximum absolute atomic E-state index is 13.2. The van der Waals surface area contributed by atoms with E-state index in [1.807, 2.05) is 24.3 Å². The van der Waals surface area contributed by atoms with Crippen LogP contribution in [0.1, 0.15) is 16.1 Å². The first kappa shape index (κ1) is 12.9. The third kappa shape index (κ3) is 2.47. The summed E-state index contributed by atoms with van der Waals surface area (Å²) in [6.45, 7) is 0. The second-order valence-electron chi connectivity index (χ2n) is 4.53. The number of anilines is 1. The molecule has 0 saturated carbocycles. The number of carbonyl (C=O) groups excluding carboxylic acids is 1. The van der Waals surface area contributed by atoms with E-state index in [1.165, 1.54) is 12.1 Å². The van der Waals surface area contributed by atoms with Crippen molar-refractivity contribution in [1.82, 2.24) is 4.98 Å². The van der Waals surface area contributed by atoms with Crippen LogP contribution in [-0.2, 0) is 0 Å². The number of halogens is 1. The Balaban J connectivity index is 1.88. The van der Waals surface area contributed by atoms with Gasteiger partial charge in [-0.3, -0.25) is 4.79 Å². The summed E-state index contributed by atoms with van der Waals surface area (Å²) in [7, 11) is 0. The normalized spacial score (nSPS) is 10.3. The average molecular weight is 279 g/mol. The summed E-state index contributed by atoms with van der Waals surface area (Å²) in [5.74, 6) is -0.956. The highest BCUT2D eigenvalue weighted by Gasteiger charge is 2.11. The van der Waals surface area contributed by atoms with E-state index in [2.05, 4.69) is 10.3 Å². The van der Waals surface area contributed by atoms with Gasteiger partial charge in [-0.2, -0.15) is 5.26 Å². The van der Waals surface area contributed by atoms with Gasteiger partial charge in [-0.1, -0.05) is 18.2 Å².